The van der Waals surface area contributed by atoms with Crippen molar-refractivity contribution < 1.29 is 4.79 Å². The molecule has 0 radical (unpaired) electrons. The van der Waals surface area contributed by atoms with Gasteiger partial charge in [-0.05, 0) is 12.1 Å². The zero-order valence-corrected chi connectivity index (χ0v) is 13.9. The summed E-state index contributed by atoms with van der Waals surface area (Å²) in [6.45, 7) is 0. The molecule has 0 unspecified atom stereocenters. The smallest absolute Gasteiger partial charge is 0.275 e. The number of carbonyl (C=O) groups excluding carboxylic acids is 1. The summed E-state index contributed by atoms with van der Waals surface area (Å²) in [5.74, 6) is -0.258. The molecule has 1 amide bonds. The van der Waals surface area contributed by atoms with Gasteiger partial charge in [0, 0.05) is 10.9 Å². The van der Waals surface area contributed by atoms with Crippen LogP contribution in [-0.4, -0.2) is 25.7 Å². The number of hydrogen-bond donors (Lipinski definition) is 1. The predicted octanol–water partition coefficient (Wildman–Crippen LogP) is 3.64. The molecule has 0 aliphatic carbocycles. The second kappa shape index (κ2) is 6.66. The third-order valence-corrected chi connectivity index (χ3v) is 4.47. The van der Waals surface area contributed by atoms with Crippen molar-refractivity contribution in [2.45, 2.75) is 0 Å². The highest BCUT2D eigenvalue weighted by Crippen LogP contribution is 2.24. The molecule has 0 aliphatic rings. The predicted molar refractivity (Wildman–Crippen MR) is 96.9 cm³/mol. The maximum atomic E-state index is 12.6. The van der Waals surface area contributed by atoms with Gasteiger partial charge in [-0.25, -0.2) is 14.6 Å². The van der Waals surface area contributed by atoms with Crippen molar-refractivity contribution in [1.82, 2.24) is 19.7 Å². The summed E-state index contributed by atoms with van der Waals surface area (Å²) in [6.07, 6.45) is 3.03. The Morgan fingerprint density at radius 3 is 2.64 bits per heavy atom. The van der Waals surface area contributed by atoms with Crippen LogP contribution in [0.3, 0.4) is 0 Å². The van der Waals surface area contributed by atoms with Gasteiger partial charge in [0.2, 0.25) is 0 Å². The first-order valence-electron chi connectivity index (χ1n) is 7.57. The standard InChI is InChI=1S/C18H13N5OS/c24-17(15-10-25-18(22-15)13-6-2-1-3-7-13)21-14-8-4-5-9-16(14)23-12-19-11-20-23/h1-12H,(H,21,24). The summed E-state index contributed by atoms with van der Waals surface area (Å²) >= 11 is 1.44. The number of amides is 1. The van der Waals surface area contributed by atoms with Crippen LogP contribution in [0.15, 0.2) is 72.6 Å². The van der Waals surface area contributed by atoms with Gasteiger partial charge in [-0.15, -0.1) is 11.3 Å². The molecular weight excluding hydrogens is 334 g/mol. The van der Waals surface area contributed by atoms with Crippen molar-refractivity contribution in [2.75, 3.05) is 5.32 Å². The van der Waals surface area contributed by atoms with Gasteiger partial charge in [0.1, 0.15) is 23.4 Å². The molecule has 2 aromatic heterocycles. The van der Waals surface area contributed by atoms with E-state index in [1.807, 2.05) is 54.6 Å². The third-order valence-electron chi connectivity index (χ3n) is 3.58. The number of nitrogens with zero attached hydrogens (tertiary/aromatic N) is 4. The molecule has 4 rings (SSSR count). The highest BCUT2D eigenvalue weighted by atomic mass is 32.1. The molecule has 0 aliphatic heterocycles. The van der Waals surface area contributed by atoms with Crippen LogP contribution >= 0.6 is 11.3 Å². The van der Waals surface area contributed by atoms with Gasteiger partial charge in [0.05, 0.1) is 11.4 Å². The van der Waals surface area contributed by atoms with Gasteiger partial charge < -0.3 is 5.32 Å². The Balaban J connectivity index is 1.59. The molecule has 0 spiro atoms. The Kier molecular flexibility index (Phi) is 4.05. The highest BCUT2D eigenvalue weighted by molar-refractivity contribution is 7.13. The molecule has 1 N–H and O–H groups in total. The van der Waals surface area contributed by atoms with Crippen molar-refractivity contribution in [3.8, 4) is 16.3 Å². The average molecular weight is 347 g/mol. The monoisotopic (exact) mass is 347 g/mol. The normalized spacial score (nSPS) is 10.6. The van der Waals surface area contributed by atoms with Gasteiger partial charge in [-0.1, -0.05) is 42.5 Å². The first-order valence-corrected chi connectivity index (χ1v) is 8.45. The summed E-state index contributed by atoms with van der Waals surface area (Å²) in [7, 11) is 0. The molecule has 4 aromatic rings. The molecule has 25 heavy (non-hydrogen) atoms. The Bertz CT molecular complexity index is 995. The van der Waals surface area contributed by atoms with E-state index in [0.29, 0.717) is 11.4 Å². The molecule has 0 saturated carbocycles. The number of thiazole rings is 1. The van der Waals surface area contributed by atoms with E-state index in [1.54, 1.807) is 16.4 Å². The summed E-state index contributed by atoms with van der Waals surface area (Å²) in [5.41, 5.74) is 2.77. The van der Waals surface area contributed by atoms with Crippen LogP contribution in [0.4, 0.5) is 5.69 Å². The molecule has 0 fully saturated rings. The fraction of sp³-hybridized carbons (Fsp3) is 0. The second-order valence-corrected chi connectivity index (χ2v) is 6.07. The van der Waals surface area contributed by atoms with Crippen LogP contribution in [0.25, 0.3) is 16.3 Å². The van der Waals surface area contributed by atoms with E-state index in [-0.39, 0.29) is 5.91 Å². The van der Waals surface area contributed by atoms with Gasteiger partial charge in [0.15, 0.2) is 0 Å². The minimum absolute atomic E-state index is 0.258. The number of anilines is 1. The number of para-hydroxylation sites is 2. The molecule has 2 heterocycles. The van der Waals surface area contributed by atoms with Crippen molar-refractivity contribution >= 4 is 22.9 Å². The molecule has 0 saturated heterocycles. The molecule has 122 valence electrons. The molecule has 2 aromatic carbocycles. The Morgan fingerprint density at radius 1 is 1.04 bits per heavy atom. The summed E-state index contributed by atoms with van der Waals surface area (Å²) in [5, 5.41) is 9.58. The van der Waals surface area contributed by atoms with Crippen molar-refractivity contribution in [3.05, 3.63) is 78.3 Å². The SMILES string of the molecule is O=C(Nc1ccccc1-n1cncn1)c1csc(-c2ccccc2)n1. The van der Waals surface area contributed by atoms with E-state index in [4.69, 9.17) is 0 Å². The summed E-state index contributed by atoms with van der Waals surface area (Å²) in [6, 6.07) is 17.2. The van der Waals surface area contributed by atoms with Crippen molar-refractivity contribution in [2.24, 2.45) is 0 Å². The number of hydrogen-bond acceptors (Lipinski definition) is 5. The Labute approximate surface area is 147 Å². The van der Waals surface area contributed by atoms with Gasteiger partial charge in [0.25, 0.3) is 5.91 Å². The summed E-state index contributed by atoms with van der Waals surface area (Å²) < 4.78 is 1.60. The zero-order valence-electron chi connectivity index (χ0n) is 13.0. The lowest BCUT2D eigenvalue weighted by Gasteiger charge is -2.09. The minimum atomic E-state index is -0.258. The fourth-order valence-corrected chi connectivity index (χ4v) is 3.20. The van der Waals surface area contributed by atoms with Crippen LogP contribution in [0.1, 0.15) is 10.5 Å². The van der Waals surface area contributed by atoms with E-state index in [1.165, 1.54) is 17.7 Å². The first-order chi connectivity index (χ1) is 12.3. The van der Waals surface area contributed by atoms with Crippen LogP contribution in [-0.2, 0) is 0 Å². The molecular formula is C18H13N5OS. The average Bonchev–Trinajstić information content (AvgIpc) is 3.35. The van der Waals surface area contributed by atoms with Crippen molar-refractivity contribution in [1.29, 1.82) is 0 Å². The molecule has 7 heteroatoms. The van der Waals surface area contributed by atoms with Crippen LogP contribution in [0, 0.1) is 0 Å². The van der Waals surface area contributed by atoms with Crippen molar-refractivity contribution in [3.63, 3.8) is 0 Å². The van der Waals surface area contributed by atoms with E-state index < -0.39 is 0 Å². The Hall–Kier alpha value is -3.32. The van der Waals surface area contributed by atoms with Gasteiger partial charge in [-0.2, -0.15) is 5.10 Å². The summed E-state index contributed by atoms with van der Waals surface area (Å²) in [4.78, 5) is 21.0. The number of nitrogens with one attached hydrogen (secondary N) is 1. The van der Waals surface area contributed by atoms with Crippen LogP contribution in [0.2, 0.25) is 0 Å². The van der Waals surface area contributed by atoms with Crippen LogP contribution in [0.5, 0.6) is 0 Å². The third kappa shape index (κ3) is 3.17. The van der Waals surface area contributed by atoms with E-state index >= 15 is 0 Å². The lowest BCUT2D eigenvalue weighted by molar-refractivity contribution is 0.102. The largest absolute Gasteiger partial charge is 0.319 e. The van der Waals surface area contributed by atoms with Gasteiger partial charge in [-0.3, -0.25) is 4.79 Å². The number of carbonyl (C=O) groups is 1. The highest BCUT2D eigenvalue weighted by Gasteiger charge is 2.14. The quantitative estimate of drug-likeness (QED) is 0.612. The Morgan fingerprint density at radius 2 is 1.84 bits per heavy atom. The number of benzene rings is 2. The lowest BCUT2D eigenvalue weighted by Crippen LogP contribution is -2.14. The van der Waals surface area contributed by atoms with E-state index in [9.17, 15) is 4.79 Å². The first kappa shape index (κ1) is 15.2. The molecule has 0 bridgehead atoms. The topological polar surface area (TPSA) is 72.7 Å². The number of aromatic nitrogens is 4. The zero-order chi connectivity index (χ0) is 17.1. The number of rotatable bonds is 4. The van der Waals surface area contributed by atoms with E-state index in [2.05, 4.69) is 20.4 Å². The van der Waals surface area contributed by atoms with Crippen LogP contribution < -0.4 is 5.32 Å². The fourth-order valence-electron chi connectivity index (χ4n) is 2.39. The van der Waals surface area contributed by atoms with Gasteiger partial charge >= 0.3 is 0 Å². The van der Waals surface area contributed by atoms with E-state index in [0.717, 1.165) is 16.3 Å². The molecule has 6 nitrogen and oxygen atoms in total. The lowest BCUT2D eigenvalue weighted by atomic mass is 10.2. The molecule has 0 atom stereocenters. The minimum Gasteiger partial charge on any atom is -0.319 e. The maximum Gasteiger partial charge on any atom is 0.275 e. The maximum absolute atomic E-state index is 12.6. The second-order valence-electron chi connectivity index (χ2n) is 5.22.